The zero-order valence-corrected chi connectivity index (χ0v) is 13.4. The number of nitrogens with one attached hydrogen (secondary N) is 1. The maximum Gasteiger partial charge on any atom is 0.233 e. The Morgan fingerprint density at radius 1 is 1.17 bits per heavy atom. The van der Waals surface area contributed by atoms with Crippen molar-refractivity contribution in [1.29, 1.82) is 0 Å². The van der Waals surface area contributed by atoms with Crippen molar-refractivity contribution in [2.75, 3.05) is 31.5 Å². The first kappa shape index (κ1) is 17.2. The van der Waals surface area contributed by atoms with E-state index in [0.717, 1.165) is 6.07 Å². The van der Waals surface area contributed by atoms with E-state index in [9.17, 15) is 18.8 Å². The molecule has 1 aliphatic heterocycles. The number of piperazine rings is 1. The van der Waals surface area contributed by atoms with Gasteiger partial charge in [-0.2, -0.15) is 0 Å². The van der Waals surface area contributed by atoms with E-state index in [0.29, 0.717) is 31.9 Å². The molecule has 0 unspecified atom stereocenters. The number of carbonyl (C=O) groups is 3. The van der Waals surface area contributed by atoms with Gasteiger partial charge in [0.1, 0.15) is 12.2 Å². The zero-order valence-electron chi connectivity index (χ0n) is 12.6. The minimum Gasteiger partial charge on any atom is -0.339 e. The molecule has 0 aliphatic carbocycles. The number of hydrogen-bond donors (Lipinski definition) is 1. The van der Waals surface area contributed by atoms with E-state index in [2.05, 4.69) is 5.32 Å². The lowest BCUT2D eigenvalue weighted by Gasteiger charge is -2.34. The number of carbonyl (C=O) groups excluding carboxylic acids is 3. The van der Waals surface area contributed by atoms with Crippen molar-refractivity contribution in [2.45, 2.75) is 13.3 Å². The molecule has 1 heterocycles. The molecule has 1 aliphatic rings. The third-order valence-electron chi connectivity index (χ3n) is 3.59. The van der Waals surface area contributed by atoms with Gasteiger partial charge in [0, 0.05) is 38.8 Å². The smallest absolute Gasteiger partial charge is 0.233 e. The summed E-state index contributed by atoms with van der Waals surface area (Å²) in [6.45, 7) is 3.24. The Morgan fingerprint density at radius 2 is 1.78 bits per heavy atom. The average molecular weight is 342 g/mol. The first-order chi connectivity index (χ1) is 10.9. The summed E-state index contributed by atoms with van der Waals surface area (Å²) in [7, 11) is 0. The van der Waals surface area contributed by atoms with Crippen LogP contribution in [0.4, 0.5) is 10.1 Å². The topological polar surface area (TPSA) is 69.7 Å². The molecule has 0 atom stereocenters. The molecular weight excluding hydrogens is 325 g/mol. The Balaban J connectivity index is 1.84. The highest BCUT2D eigenvalue weighted by atomic mass is 35.5. The van der Waals surface area contributed by atoms with Gasteiger partial charge in [-0.3, -0.25) is 14.4 Å². The van der Waals surface area contributed by atoms with Crippen LogP contribution in [0, 0.1) is 5.82 Å². The van der Waals surface area contributed by atoms with E-state index in [-0.39, 0.29) is 23.3 Å². The predicted molar refractivity (Wildman–Crippen MR) is 83.5 cm³/mol. The highest BCUT2D eigenvalue weighted by molar-refractivity contribution is 6.31. The molecule has 0 aromatic heterocycles. The van der Waals surface area contributed by atoms with Gasteiger partial charge >= 0.3 is 0 Å². The highest BCUT2D eigenvalue weighted by Gasteiger charge is 2.23. The van der Waals surface area contributed by atoms with Crippen molar-refractivity contribution in [1.82, 2.24) is 9.80 Å². The van der Waals surface area contributed by atoms with Gasteiger partial charge in [-0.1, -0.05) is 11.6 Å². The molecule has 0 saturated carbocycles. The molecule has 3 amide bonds. The number of anilines is 1. The van der Waals surface area contributed by atoms with Crippen LogP contribution in [0.25, 0.3) is 0 Å². The molecule has 6 nitrogen and oxygen atoms in total. The van der Waals surface area contributed by atoms with E-state index in [4.69, 9.17) is 11.6 Å². The summed E-state index contributed by atoms with van der Waals surface area (Å²) < 4.78 is 13.0. The minimum atomic E-state index is -0.580. The summed E-state index contributed by atoms with van der Waals surface area (Å²) in [4.78, 5) is 38.4. The Bertz CT molecular complexity index is 630. The maximum absolute atomic E-state index is 13.0. The minimum absolute atomic E-state index is 0.0250. The van der Waals surface area contributed by atoms with Crippen LogP contribution >= 0.6 is 11.6 Å². The molecule has 1 saturated heterocycles. The number of amides is 3. The lowest BCUT2D eigenvalue weighted by molar-refractivity contribution is -0.140. The van der Waals surface area contributed by atoms with Crippen LogP contribution in [0.2, 0.25) is 5.02 Å². The van der Waals surface area contributed by atoms with E-state index in [1.54, 1.807) is 9.80 Å². The number of nitrogens with zero attached hydrogens (tertiary/aromatic N) is 2. The third kappa shape index (κ3) is 4.66. The second kappa shape index (κ2) is 7.41. The number of hydrogen-bond acceptors (Lipinski definition) is 3. The quantitative estimate of drug-likeness (QED) is 0.847. The Morgan fingerprint density at radius 3 is 2.35 bits per heavy atom. The molecule has 1 fully saturated rings. The Labute approximate surface area is 138 Å². The van der Waals surface area contributed by atoms with Crippen LogP contribution in [0.5, 0.6) is 0 Å². The second-order valence-corrected chi connectivity index (χ2v) is 5.65. The number of halogens is 2. The van der Waals surface area contributed by atoms with Crippen LogP contribution in [0.3, 0.4) is 0 Å². The summed E-state index contributed by atoms with van der Waals surface area (Å²) in [5.74, 6) is -1.40. The fourth-order valence-electron chi connectivity index (χ4n) is 2.30. The van der Waals surface area contributed by atoms with E-state index >= 15 is 0 Å². The van der Waals surface area contributed by atoms with Crippen molar-refractivity contribution >= 4 is 35.0 Å². The van der Waals surface area contributed by atoms with Crippen molar-refractivity contribution in [3.05, 3.63) is 29.0 Å². The SMILES string of the molecule is CC(=O)N1CCN(C(=O)CC(=O)Nc2ccc(F)c(Cl)c2)CC1. The fourth-order valence-corrected chi connectivity index (χ4v) is 2.48. The third-order valence-corrected chi connectivity index (χ3v) is 3.88. The summed E-state index contributed by atoms with van der Waals surface area (Å²) in [5.41, 5.74) is 0.329. The van der Waals surface area contributed by atoms with Gasteiger partial charge in [0.2, 0.25) is 17.7 Å². The largest absolute Gasteiger partial charge is 0.339 e. The molecular formula is C15H17ClFN3O3. The summed E-state index contributed by atoms with van der Waals surface area (Å²) in [5, 5.41) is 2.40. The van der Waals surface area contributed by atoms with E-state index < -0.39 is 11.7 Å². The molecule has 8 heteroatoms. The van der Waals surface area contributed by atoms with Gasteiger partial charge in [0.15, 0.2) is 0 Å². The molecule has 0 radical (unpaired) electrons. The Hall–Kier alpha value is -2.15. The first-order valence-electron chi connectivity index (χ1n) is 7.15. The fraction of sp³-hybridized carbons (Fsp3) is 0.400. The standard InChI is InChI=1S/C15H17ClFN3O3/c1-10(21)19-4-6-20(7-5-19)15(23)9-14(22)18-11-2-3-13(17)12(16)8-11/h2-3,8H,4-7,9H2,1H3,(H,18,22). The van der Waals surface area contributed by atoms with Crippen LogP contribution in [-0.4, -0.2) is 53.7 Å². The molecule has 2 rings (SSSR count). The van der Waals surface area contributed by atoms with Crippen LogP contribution in [0.15, 0.2) is 18.2 Å². The highest BCUT2D eigenvalue weighted by Crippen LogP contribution is 2.19. The van der Waals surface area contributed by atoms with Crippen molar-refractivity contribution in [3.63, 3.8) is 0 Å². The number of rotatable bonds is 3. The monoisotopic (exact) mass is 341 g/mol. The van der Waals surface area contributed by atoms with E-state index in [1.165, 1.54) is 19.1 Å². The molecule has 23 heavy (non-hydrogen) atoms. The summed E-state index contributed by atoms with van der Waals surface area (Å²) >= 11 is 5.63. The van der Waals surface area contributed by atoms with Gasteiger partial charge < -0.3 is 15.1 Å². The van der Waals surface area contributed by atoms with Crippen molar-refractivity contribution in [3.8, 4) is 0 Å². The number of benzene rings is 1. The van der Waals surface area contributed by atoms with Gasteiger partial charge in [0.05, 0.1) is 5.02 Å². The zero-order chi connectivity index (χ0) is 17.0. The first-order valence-corrected chi connectivity index (χ1v) is 7.53. The van der Waals surface area contributed by atoms with E-state index in [1.807, 2.05) is 0 Å². The van der Waals surface area contributed by atoms with Crippen LogP contribution in [0.1, 0.15) is 13.3 Å². The van der Waals surface area contributed by atoms with Crippen molar-refractivity contribution < 1.29 is 18.8 Å². The lowest BCUT2D eigenvalue weighted by atomic mass is 10.2. The Kier molecular flexibility index (Phi) is 5.54. The summed E-state index contributed by atoms with van der Waals surface area (Å²) in [6.07, 6.45) is -0.310. The van der Waals surface area contributed by atoms with Crippen LogP contribution < -0.4 is 5.32 Å². The molecule has 0 spiro atoms. The van der Waals surface area contributed by atoms with Gasteiger partial charge in [-0.05, 0) is 18.2 Å². The second-order valence-electron chi connectivity index (χ2n) is 5.24. The molecule has 1 N–H and O–H groups in total. The predicted octanol–water partition coefficient (Wildman–Crippen LogP) is 1.50. The van der Waals surface area contributed by atoms with Gasteiger partial charge in [0.25, 0.3) is 0 Å². The average Bonchev–Trinajstić information content (AvgIpc) is 2.51. The normalized spacial score (nSPS) is 14.6. The molecule has 1 aromatic carbocycles. The van der Waals surface area contributed by atoms with Gasteiger partial charge in [-0.15, -0.1) is 0 Å². The molecule has 124 valence electrons. The maximum atomic E-state index is 13.0. The van der Waals surface area contributed by atoms with Crippen molar-refractivity contribution in [2.24, 2.45) is 0 Å². The lowest BCUT2D eigenvalue weighted by Crippen LogP contribution is -2.50. The van der Waals surface area contributed by atoms with Gasteiger partial charge in [-0.25, -0.2) is 4.39 Å². The molecule has 0 bridgehead atoms. The van der Waals surface area contributed by atoms with Crippen LogP contribution in [-0.2, 0) is 14.4 Å². The molecule has 1 aromatic rings. The summed E-state index contributed by atoms with van der Waals surface area (Å²) in [6, 6.07) is 3.79.